The molecule has 1 amide bonds. The Balaban J connectivity index is 1.74. The van der Waals surface area contributed by atoms with E-state index in [-0.39, 0.29) is 11.1 Å². The molecule has 0 saturated heterocycles. The fraction of sp³-hybridized carbons (Fsp3) is 0.111. The maximum atomic E-state index is 12.8. The zero-order valence-corrected chi connectivity index (χ0v) is 16.0. The highest BCUT2D eigenvalue weighted by Gasteiger charge is 2.19. The number of nitrogens with one attached hydrogen (secondary N) is 1. The molecule has 0 fully saturated rings. The van der Waals surface area contributed by atoms with Crippen LogP contribution < -0.4 is 5.32 Å². The summed E-state index contributed by atoms with van der Waals surface area (Å²) in [6.45, 7) is 1.96. The summed E-state index contributed by atoms with van der Waals surface area (Å²) in [5, 5.41) is 12.4. The molecule has 3 heterocycles. The summed E-state index contributed by atoms with van der Waals surface area (Å²) < 4.78 is 3.13. The van der Waals surface area contributed by atoms with E-state index in [1.54, 1.807) is 30.2 Å². The third kappa shape index (κ3) is 3.27. The lowest BCUT2D eigenvalue weighted by atomic mass is 10.1. The van der Waals surface area contributed by atoms with Crippen molar-refractivity contribution in [2.24, 2.45) is 7.05 Å². The van der Waals surface area contributed by atoms with E-state index in [0.717, 1.165) is 11.1 Å². The van der Waals surface area contributed by atoms with Gasteiger partial charge in [0.2, 0.25) is 0 Å². The largest absolute Gasteiger partial charge is 0.319 e. The molecule has 0 aliphatic rings. The van der Waals surface area contributed by atoms with Crippen molar-refractivity contribution in [2.45, 2.75) is 6.92 Å². The van der Waals surface area contributed by atoms with Crippen molar-refractivity contribution in [3.63, 3.8) is 0 Å². The molecule has 0 spiro atoms. The second kappa shape index (κ2) is 6.68. The van der Waals surface area contributed by atoms with E-state index in [0.29, 0.717) is 27.6 Å². The number of carbonyl (C=O) groups is 1. The van der Waals surface area contributed by atoms with Gasteiger partial charge in [0.25, 0.3) is 5.91 Å². The van der Waals surface area contributed by atoms with Gasteiger partial charge in [0.05, 0.1) is 11.9 Å². The van der Waals surface area contributed by atoms with Gasteiger partial charge < -0.3 is 5.32 Å². The van der Waals surface area contributed by atoms with E-state index in [2.05, 4.69) is 20.5 Å². The van der Waals surface area contributed by atoms with Crippen molar-refractivity contribution in [1.82, 2.24) is 24.4 Å². The molecular formula is C18H14Cl2N6O. The van der Waals surface area contributed by atoms with Gasteiger partial charge in [-0.2, -0.15) is 10.2 Å². The highest BCUT2D eigenvalue weighted by molar-refractivity contribution is 6.31. The number of amides is 1. The molecule has 0 unspecified atom stereocenters. The molecule has 4 rings (SSSR count). The zero-order valence-electron chi connectivity index (χ0n) is 14.4. The molecule has 4 aromatic rings. The molecule has 7 nitrogen and oxygen atoms in total. The molecule has 27 heavy (non-hydrogen) atoms. The number of hydrogen-bond acceptors (Lipinski definition) is 4. The number of nitrogens with zero attached hydrogens (tertiary/aromatic N) is 5. The number of hydrogen-bond donors (Lipinski definition) is 1. The number of carbonyl (C=O) groups excluding carboxylic acids is 1. The lowest BCUT2D eigenvalue weighted by molar-refractivity contribution is 0.102. The molecule has 0 saturated carbocycles. The number of aromatic nitrogens is 5. The highest BCUT2D eigenvalue weighted by atomic mass is 35.5. The fourth-order valence-electron chi connectivity index (χ4n) is 2.82. The van der Waals surface area contributed by atoms with E-state index in [4.69, 9.17) is 23.2 Å². The van der Waals surface area contributed by atoms with Crippen LogP contribution in [0, 0.1) is 6.92 Å². The first kappa shape index (κ1) is 17.5. The standard InChI is InChI=1S/C18H14Cl2N6O/c1-10-3-4-11(19)7-12(10)16-14(9-25(2)24-16)22-18(27)13-8-21-26-6-5-15(20)23-17(13)26/h3-9H,1-2H3,(H,22,27). The molecule has 1 aromatic carbocycles. The van der Waals surface area contributed by atoms with Gasteiger partial charge in [-0.3, -0.25) is 9.48 Å². The van der Waals surface area contributed by atoms with Crippen LogP contribution in [0.15, 0.2) is 42.9 Å². The lowest BCUT2D eigenvalue weighted by Gasteiger charge is -2.07. The summed E-state index contributed by atoms with van der Waals surface area (Å²) in [5.74, 6) is -0.353. The van der Waals surface area contributed by atoms with Crippen LogP contribution in [0.1, 0.15) is 15.9 Å². The molecule has 9 heteroatoms. The Bertz CT molecular complexity index is 1180. The number of fused-ring (bicyclic) bond motifs is 1. The molecule has 0 radical (unpaired) electrons. The Kier molecular flexibility index (Phi) is 4.33. The Morgan fingerprint density at radius 3 is 2.85 bits per heavy atom. The van der Waals surface area contributed by atoms with Crippen LogP contribution in [0.3, 0.4) is 0 Å². The van der Waals surface area contributed by atoms with Crippen molar-refractivity contribution in [2.75, 3.05) is 5.32 Å². The second-order valence-electron chi connectivity index (χ2n) is 6.06. The van der Waals surface area contributed by atoms with Gasteiger partial charge in [-0.1, -0.05) is 29.3 Å². The van der Waals surface area contributed by atoms with Gasteiger partial charge >= 0.3 is 0 Å². The molecule has 0 bridgehead atoms. The number of anilines is 1. The Morgan fingerprint density at radius 2 is 2.04 bits per heavy atom. The maximum absolute atomic E-state index is 12.8. The van der Waals surface area contributed by atoms with Gasteiger partial charge in [-0.05, 0) is 30.7 Å². The molecule has 0 atom stereocenters. The minimum atomic E-state index is -0.353. The normalized spacial score (nSPS) is 11.1. The van der Waals surface area contributed by atoms with Crippen molar-refractivity contribution in [3.8, 4) is 11.3 Å². The predicted molar refractivity (Wildman–Crippen MR) is 104 cm³/mol. The molecule has 1 N–H and O–H groups in total. The van der Waals surface area contributed by atoms with Crippen molar-refractivity contribution in [1.29, 1.82) is 0 Å². The second-order valence-corrected chi connectivity index (χ2v) is 6.88. The molecule has 0 aliphatic heterocycles. The van der Waals surface area contributed by atoms with Crippen LogP contribution in [0.5, 0.6) is 0 Å². The van der Waals surface area contributed by atoms with E-state index in [1.807, 2.05) is 25.1 Å². The van der Waals surface area contributed by atoms with E-state index < -0.39 is 0 Å². The Morgan fingerprint density at radius 1 is 1.22 bits per heavy atom. The van der Waals surface area contributed by atoms with Crippen LogP contribution >= 0.6 is 23.2 Å². The summed E-state index contributed by atoms with van der Waals surface area (Å²) in [4.78, 5) is 17.0. The third-order valence-electron chi connectivity index (χ3n) is 4.11. The molecular weight excluding hydrogens is 387 g/mol. The van der Waals surface area contributed by atoms with E-state index >= 15 is 0 Å². The first-order chi connectivity index (χ1) is 12.9. The monoisotopic (exact) mass is 400 g/mol. The van der Waals surface area contributed by atoms with Gasteiger partial charge in [0, 0.05) is 30.0 Å². The fourth-order valence-corrected chi connectivity index (χ4v) is 3.13. The average molecular weight is 401 g/mol. The zero-order chi connectivity index (χ0) is 19.1. The summed E-state index contributed by atoms with van der Waals surface area (Å²) >= 11 is 12.1. The van der Waals surface area contributed by atoms with Crippen molar-refractivity contribution < 1.29 is 4.79 Å². The van der Waals surface area contributed by atoms with Gasteiger partial charge in [0.15, 0.2) is 5.65 Å². The summed E-state index contributed by atoms with van der Waals surface area (Å²) in [6.07, 6.45) is 4.83. The quantitative estimate of drug-likeness (QED) is 0.527. The molecule has 136 valence electrons. The Labute approximate surface area is 164 Å². The van der Waals surface area contributed by atoms with Crippen LogP contribution in [-0.4, -0.2) is 30.3 Å². The number of halogens is 2. The lowest BCUT2D eigenvalue weighted by Crippen LogP contribution is -2.12. The summed E-state index contributed by atoms with van der Waals surface area (Å²) in [7, 11) is 1.79. The summed E-state index contributed by atoms with van der Waals surface area (Å²) in [6, 6.07) is 7.15. The van der Waals surface area contributed by atoms with Crippen LogP contribution in [0.2, 0.25) is 10.2 Å². The van der Waals surface area contributed by atoms with E-state index in [1.165, 1.54) is 10.7 Å². The molecule has 3 aromatic heterocycles. The highest BCUT2D eigenvalue weighted by Crippen LogP contribution is 2.31. The topological polar surface area (TPSA) is 77.1 Å². The average Bonchev–Trinajstić information content (AvgIpc) is 3.20. The van der Waals surface area contributed by atoms with Gasteiger partial charge in [0.1, 0.15) is 16.4 Å². The summed E-state index contributed by atoms with van der Waals surface area (Å²) in [5.41, 5.74) is 3.74. The minimum absolute atomic E-state index is 0.286. The third-order valence-corrected chi connectivity index (χ3v) is 4.56. The molecule has 0 aliphatic carbocycles. The smallest absolute Gasteiger partial charge is 0.261 e. The number of benzene rings is 1. The van der Waals surface area contributed by atoms with Crippen LogP contribution in [-0.2, 0) is 7.05 Å². The predicted octanol–water partition coefficient (Wildman–Crippen LogP) is 4.00. The maximum Gasteiger partial charge on any atom is 0.261 e. The Hall–Kier alpha value is -2.90. The van der Waals surface area contributed by atoms with E-state index in [9.17, 15) is 4.79 Å². The van der Waals surface area contributed by atoms with Crippen LogP contribution in [0.4, 0.5) is 5.69 Å². The first-order valence-electron chi connectivity index (χ1n) is 8.04. The van der Waals surface area contributed by atoms with Gasteiger partial charge in [-0.15, -0.1) is 0 Å². The minimum Gasteiger partial charge on any atom is -0.319 e. The SMILES string of the molecule is Cc1ccc(Cl)cc1-c1nn(C)cc1NC(=O)c1cnn2ccc(Cl)nc12. The number of rotatable bonds is 3. The van der Waals surface area contributed by atoms with Gasteiger partial charge in [-0.25, -0.2) is 9.50 Å². The van der Waals surface area contributed by atoms with Crippen LogP contribution in [0.25, 0.3) is 16.9 Å². The first-order valence-corrected chi connectivity index (χ1v) is 8.79. The number of aryl methyl sites for hydroxylation is 2. The van der Waals surface area contributed by atoms with Crippen molar-refractivity contribution >= 4 is 40.4 Å². The van der Waals surface area contributed by atoms with Crippen molar-refractivity contribution in [3.05, 3.63) is 64.2 Å².